The van der Waals surface area contributed by atoms with Gasteiger partial charge in [-0.3, -0.25) is 0 Å². The molecule has 0 aliphatic rings. The van der Waals surface area contributed by atoms with Crippen LogP contribution in [0.1, 0.15) is 39.0 Å². The second-order valence-corrected chi connectivity index (χ2v) is 5.25. The van der Waals surface area contributed by atoms with Crippen molar-refractivity contribution < 1.29 is 4.74 Å². The lowest BCUT2D eigenvalue weighted by atomic mass is 10.3. The molecular weight excluding hydrogens is 228 g/mol. The summed E-state index contributed by atoms with van der Waals surface area (Å²) in [5.41, 5.74) is 0. The topological polar surface area (TPSA) is 9.23 Å². The molecule has 0 fully saturated rings. The summed E-state index contributed by atoms with van der Waals surface area (Å²) >= 11 is 1.88. The van der Waals surface area contributed by atoms with Crippen LogP contribution in [0.25, 0.3) is 0 Å². The second kappa shape index (κ2) is 9.41. The van der Waals surface area contributed by atoms with Crippen LogP contribution < -0.4 is 4.74 Å². The second-order valence-electron chi connectivity index (χ2n) is 4.09. The average Bonchev–Trinajstić information content (AvgIpc) is 2.36. The van der Waals surface area contributed by atoms with Gasteiger partial charge in [0.05, 0.1) is 6.61 Å². The molecule has 0 aliphatic carbocycles. The standard InChI is InChI=1S/C15H23OS/c1-3-5-7-11-16-14-9-8-10-15(13-14)17-12-6-4-2/h8-10,13H,2-7,11-12H2,1H3. The van der Waals surface area contributed by atoms with E-state index in [4.69, 9.17) is 4.74 Å². The van der Waals surface area contributed by atoms with Crippen LogP contribution in [-0.4, -0.2) is 12.4 Å². The maximum atomic E-state index is 5.73. The van der Waals surface area contributed by atoms with Gasteiger partial charge < -0.3 is 4.74 Å². The number of hydrogen-bond donors (Lipinski definition) is 0. The third-order valence-electron chi connectivity index (χ3n) is 2.49. The Balaban J connectivity index is 2.31. The summed E-state index contributed by atoms with van der Waals surface area (Å²) in [6.07, 6.45) is 5.82. The molecule has 1 nitrogen and oxygen atoms in total. The number of rotatable bonds is 9. The molecule has 1 aromatic carbocycles. The molecule has 1 aromatic rings. The Morgan fingerprint density at radius 1 is 1.24 bits per heavy atom. The summed E-state index contributed by atoms with van der Waals surface area (Å²) in [4.78, 5) is 1.30. The number of benzene rings is 1. The summed E-state index contributed by atoms with van der Waals surface area (Å²) in [5.74, 6) is 2.14. The minimum Gasteiger partial charge on any atom is -0.494 e. The summed E-state index contributed by atoms with van der Waals surface area (Å²) in [6, 6.07) is 8.39. The Hall–Kier alpha value is -0.630. The molecule has 0 saturated carbocycles. The number of thioether (sulfide) groups is 1. The van der Waals surface area contributed by atoms with Crippen molar-refractivity contribution in [1.29, 1.82) is 0 Å². The van der Waals surface area contributed by atoms with Gasteiger partial charge in [0.1, 0.15) is 5.75 Å². The van der Waals surface area contributed by atoms with Gasteiger partial charge in [-0.1, -0.05) is 39.2 Å². The molecule has 0 atom stereocenters. The first kappa shape index (κ1) is 14.4. The largest absolute Gasteiger partial charge is 0.494 e. The third kappa shape index (κ3) is 6.62. The van der Waals surface area contributed by atoms with Crippen molar-refractivity contribution in [1.82, 2.24) is 0 Å². The first-order valence-corrected chi connectivity index (χ1v) is 7.50. The normalized spacial score (nSPS) is 10.5. The van der Waals surface area contributed by atoms with Crippen LogP contribution in [0.4, 0.5) is 0 Å². The molecule has 0 saturated heterocycles. The van der Waals surface area contributed by atoms with Crippen LogP contribution in [0.15, 0.2) is 29.2 Å². The molecule has 0 unspecified atom stereocenters. The molecule has 1 rings (SSSR count). The van der Waals surface area contributed by atoms with Crippen LogP contribution >= 0.6 is 11.8 Å². The van der Waals surface area contributed by atoms with E-state index in [0.717, 1.165) is 31.0 Å². The molecule has 95 valence electrons. The zero-order valence-corrected chi connectivity index (χ0v) is 11.6. The van der Waals surface area contributed by atoms with Gasteiger partial charge in [0, 0.05) is 4.90 Å². The quantitative estimate of drug-likeness (QED) is 0.453. The molecule has 0 bridgehead atoms. The highest BCUT2D eigenvalue weighted by molar-refractivity contribution is 7.99. The lowest BCUT2D eigenvalue weighted by molar-refractivity contribution is 0.305. The van der Waals surface area contributed by atoms with Crippen LogP contribution in [0.5, 0.6) is 5.75 Å². The maximum absolute atomic E-state index is 5.73. The van der Waals surface area contributed by atoms with E-state index >= 15 is 0 Å². The van der Waals surface area contributed by atoms with Crippen LogP contribution in [0, 0.1) is 6.92 Å². The molecule has 1 radical (unpaired) electrons. The molecular formula is C15H23OS. The van der Waals surface area contributed by atoms with E-state index in [1.165, 1.54) is 24.2 Å². The molecule has 0 spiro atoms. The van der Waals surface area contributed by atoms with Crippen molar-refractivity contribution in [3.05, 3.63) is 31.2 Å². The number of unbranched alkanes of at least 4 members (excludes halogenated alkanes) is 3. The van der Waals surface area contributed by atoms with Gasteiger partial charge in [-0.15, -0.1) is 11.8 Å². The Morgan fingerprint density at radius 3 is 2.88 bits per heavy atom. The highest BCUT2D eigenvalue weighted by atomic mass is 32.2. The van der Waals surface area contributed by atoms with E-state index in [-0.39, 0.29) is 0 Å². The highest BCUT2D eigenvalue weighted by Crippen LogP contribution is 2.23. The Bertz CT molecular complexity index is 299. The molecule has 0 amide bonds. The first-order chi connectivity index (χ1) is 8.36. The minimum atomic E-state index is 0.834. The smallest absolute Gasteiger partial charge is 0.120 e. The van der Waals surface area contributed by atoms with E-state index in [1.807, 2.05) is 17.8 Å². The van der Waals surface area contributed by atoms with Gasteiger partial charge in [0.25, 0.3) is 0 Å². The summed E-state index contributed by atoms with van der Waals surface area (Å²) in [7, 11) is 0. The molecule has 0 aromatic heterocycles. The Kier molecular flexibility index (Phi) is 7.98. The number of ether oxygens (including phenoxy) is 1. The van der Waals surface area contributed by atoms with E-state index in [0.29, 0.717) is 0 Å². The first-order valence-electron chi connectivity index (χ1n) is 6.51. The van der Waals surface area contributed by atoms with Crippen molar-refractivity contribution >= 4 is 11.8 Å². The fraction of sp³-hybridized carbons (Fsp3) is 0.533. The zero-order chi connectivity index (χ0) is 12.3. The number of hydrogen-bond acceptors (Lipinski definition) is 2. The zero-order valence-electron chi connectivity index (χ0n) is 10.8. The van der Waals surface area contributed by atoms with Crippen LogP contribution in [-0.2, 0) is 0 Å². The van der Waals surface area contributed by atoms with E-state index in [9.17, 15) is 0 Å². The molecule has 0 heterocycles. The van der Waals surface area contributed by atoms with Gasteiger partial charge >= 0.3 is 0 Å². The van der Waals surface area contributed by atoms with E-state index < -0.39 is 0 Å². The van der Waals surface area contributed by atoms with Gasteiger partial charge in [-0.25, -0.2) is 0 Å². The Morgan fingerprint density at radius 2 is 2.12 bits per heavy atom. The predicted octanol–water partition coefficient (Wildman–Crippen LogP) is 4.96. The minimum absolute atomic E-state index is 0.834. The average molecular weight is 251 g/mol. The van der Waals surface area contributed by atoms with Crippen molar-refractivity contribution in [3.63, 3.8) is 0 Å². The van der Waals surface area contributed by atoms with Crippen LogP contribution in [0.2, 0.25) is 0 Å². The van der Waals surface area contributed by atoms with Gasteiger partial charge in [0.15, 0.2) is 0 Å². The summed E-state index contributed by atoms with van der Waals surface area (Å²) < 4.78 is 5.73. The summed E-state index contributed by atoms with van der Waals surface area (Å²) in [5, 5.41) is 0. The molecule has 0 N–H and O–H groups in total. The van der Waals surface area contributed by atoms with Crippen molar-refractivity contribution in [3.8, 4) is 5.75 Å². The maximum Gasteiger partial charge on any atom is 0.120 e. The lowest BCUT2D eigenvalue weighted by Crippen LogP contribution is -1.96. The van der Waals surface area contributed by atoms with Crippen molar-refractivity contribution in [2.24, 2.45) is 0 Å². The van der Waals surface area contributed by atoms with E-state index in [2.05, 4.69) is 32.0 Å². The van der Waals surface area contributed by atoms with Crippen LogP contribution in [0.3, 0.4) is 0 Å². The highest BCUT2D eigenvalue weighted by Gasteiger charge is 1.97. The Labute approximate surface area is 110 Å². The third-order valence-corrected chi connectivity index (χ3v) is 3.57. The van der Waals surface area contributed by atoms with E-state index in [1.54, 1.807) is 0 Å². The fourth-order valence-electron chi connectivity index (χ4n) is 1.49. The summed E-state index contributed by atoms with van der Waals surface area (Å²) in [6.45, 7) is 6.90. The monoisotopic (exact) mass is 251 g/mol. The van der Waals surface area contributed by atoms with Gasteiger partial charge in [0.2, 0.25) is 0 Å². The predicted molar refractivity (Wildman–Crippen MR) is 76.8 cm³/mol. The SMILES string of the molecule is [CH2]CCCSc1cccc(OCCCCC)c1. The fourth-order valence-corrected chi connectivity index (χ4v) is 2.45. The lowest BCUT2D eigenvalue weighted by Gasteiger charge is -2.07. The van der Waals surface area contributed by atoms with Crippen molar-refractivity contribution in [2.75, 3.05) is 12.4 Å². The molecule has 2 heteroatoms. The van der Waals surface area contributed by atoms with Crippen molar-refractivity contribution in [2.45, 2.75) is 43.9 Å². The van der Waals surface area contributed by atoms with Gasteiger partial charge in [-0.2, -0.15) is 0 Å². The molecule has 0 aliphatic heterocycles. The molecule has 17 heavy (non-hydrogen) atoms. The van der Waals surface area contributed by atoms with Gasteiger partial charge in [-0.05, 0) is 36.8 Å².